The first-order valence-electron chi connectivity index (χ1n) is 9.94. The molecular formula is C19H31N5OS. The highest BCUT2D eigenvalue weighted by Gasteiger charge is 2.21. The third kappa shape index (κ3) is 5.33. The van der Waals surface area contributed by atoms with Crippen LogP contribution in [0.5, 0.6) is 0 Å². The molecule has 0 bridgehead atoms. The second-order valence-corrected chi connectivity index (χ2v) is 8.31. The summed E-state index contributed by atoms with van der Waals surface area (Å²) in [4.78, 5) is 14.9. The molecule has 0 unspecified atom stereocenters. The predicted molar refractivity (Wildman–Crippen MR) is 105 cm³/mol. The summed E-state index contributed by atoms with van der Waals surface area (Å²) in [6, 6.07) is 0. The van der Waals surface area contributed by atoms with Gasteiger partial charge >= 0.3 is 0 Å². The van der Waals surface area contributed by atoms with Crippen LogP contribution in [-0.4, -0.2) is 51.0 Å². The molecule has 0 spiro atoms. The Hall–Kier alpha value is -1.34. The van der Waals surface area contributed by atoms with Gasteiger partial charge in [-0.3, -0.25) is 4.79 Å². The first-order chi connectivity index (χ1) is 12.8. The fraction of sp³-hybridized carbons (Fsp3) is 0.737. The normalized spacial score (nSPS) is 18.9. The molecule has 1 amide bonds. The highest BCUT2D eigenvalue weighted by Crippen LogP contribution is 2.24. The maximum atomic E-state index is 12.4. The number of nitrogens with one attached hydrogen (secondary N) is 1. The summed E-state index contributed by atoms with van der Waals surface area (Å²) in [5.74, 6) is 2.18. The van der Waals surface area contributed by atoms with Crippen molar-refractivity contribution in [2.24, 2.45) is 5.92 Å². The molecule has 0 aromatic carbocycles. The third-order valence-electron chi connectivity index (χ3n) is 5.34. The lowest BCUT2D eigenvalue weighted by molar-refractivity contribution is -0.126. The van der Waals surface area contributed by atoms with Crippen LogP contribution >= 0.6 is 11.8 Å². The largest absolute Gasteiger partial charge is 0.349 e. The van der Waals surface area contributed by atoms with Crippen molar-refractivity contribution in [2.45, 2.75) is 63.2 Å². The highest BCUT2D eigenvalue weighted by atomic mass is 32.2. The zero-order chi connectivity index (χ0) is 18.2. The molecule has 7 heteroatoms. The van der Waals surface area contributed by atoms with Crippen LogP contribution in [0, 0.1) is 5.92 Å². The maximum Gasteiger partial charge on any atom is 0.223 e. The van der Waals surface area contributed by atoms with Crippen molar-refractivity contribution in [3.63, 3.8) is 0 Å². The molecule has 1 aliphatic heterocycles. The number of rotatable bonds is 9. The average Bonchev–Trinajstić information content (AvgIpc) is 3.32. The van der Waals surface area contributed by atoms with E-state index < -0.39 is 0 Å². The Morgan fingerprint density at radius 1 is 1.19 bits per heavy atom. The second kappa shape index (κ2) is 10.1. The van der Waals surface area contributed by atoms with Gasteiger partial charge in [-0.15, -0.1) is 16.8 Å². The number of amides is 1. The van der Waals surface area contributed by atoms with Crippen LogP contribution in [0.1, 0.15) is 50.8 Å². The fourth-order valence-electron chi connectivity index (χ4n) is 3.82. The topological polar surface area (TPSA) is 63.1 Å². The van der Waals surface area contributed by atoms with Crippen LogP contribution in [0.25, 0.3) is 0 Å². The van der Waals surface area contributed by atoms with Gasteiger partial charge in [-0.1, -0.05) is 37.1 Å². The number of aromatic nitrogens is 3. The molecule has 1 aromatic rings. The molecule has 26 heavy (non-hydrogen) atoms. The van der Waals surface area contributed by atoms with Crippen molar-refractivity contribution in [1.29, 1.82) is 0 Å². The number of carbonyl (C=O) groups is 1. The van der Waals surface area contributed by atoms with Crippen LogP contribution in [0.3, 0.4) is 0 Å². The van der Waals surface area contributed by atoms with E-state index in [4.69, 9.17) is 0 Å². The maximum absolute atomic E-state index is 12.4. The number of likely N-dealkylation sites (tertiary alicyclic amines) is 1. The van der Waals surface area contributed by atoms with Gasteiger partial charge in [0.1, 0.15) is 0 Å². The van der Waals surface area contributed by atoms with Crippen LogP contribution in [-0.2, 0) is 17.9 Å². The van der Waals surface area contributed by atoms with E-state index in [2.05, 4.69) is 31.6 Å². The summed E-state index contributed by atoms with van der Waals surface area (Å²) in [7, 11) is 0. The molecule has 1 aromatic heterocycles. The van der Waals surface area contributed by atoms with Crippen molar-refractivity contribution in [3.05, 3.63) is 18.5 Å². The SMILES string of the molecule is C=CCn1c(CNC(=O)C2CCCCC2)nnc1SCCN1CCCC1. The highest BCUT2D eigenvalue weighted by molar-refractivity contribution is 7.99. The Balaban J connectivity index is 1.51. The number of thioether (sulfide) groups is 1. The molecule has 0 radical (unpaired) electrons. The van der Waals surface area contributed by atoms with Crippen LogP contribution in [0.15, 0.2) is 17.8 Å². The lowest BCUT2D eigenvalue weighted by Gasteiger charge is -2.20. The van der Waals surface area contributed by atoms with Crippen molar-refractivity contribution < 1.29 is 4.79 Å². The van der Waals surface area contributed by atoms with Crippen LogP contribution < -0.4 is 5.32 Å². The number of allylic oxidation sites excluding steroid dienone is 1. The summed E-state index contributed by atoms with van der Waals surface area (Å²) in [6.45, 7) is 8.51. The Morgan fingerprint density at radius 2 is 1.96 bits per heavy atom. The van der Waals surface area contributed by atoms with Gasteiger partial charge in [0.25, 0.3) is 0 Å². The summed E-state index contributed by atoms with van der Waals surface area (Å²) >= 11 is 1.74. The minimum atomic E-state index is 0.168. The first kappa shape index (κ1) is 19.4. The van der Waals surface area contributed by atoms with E-state index in [1.807, 2.05) is 6.08 Å². The van der Waals surface area contributed by atoms with Gasteiger partial charge in [-0.25, -0.2) is 0 Å². The molecular weight excluding hydrogens is 346 g/mol. The van der Waals surface area contributed by atoms with Crippen molar-refractivity contribution in [3.8, 4) is 0 Å². The number of carbonyl (C=O) groups excluding carboxylic acids is 1. The van der Waals surface area contributed by atoms with Crippen molar-refractivity contribution in [2.75, 3.05) is 25.4 Å². The zero-order valence-corrected chi connectivity index (χ0v) is 16.5. The molecule has 3 rings (SSSR count). The fourth-order valence-corrected chi connectivity index (χ4v) is 4.78. The Kier molecular flexibility index (Phi) is 7.55. The molecule has 1 saturated heterocycles. The van der Waals surface area contributed by atoms with E-state index in [-0.39, 0.29) is 11.8 Å². The molecule has 1 N–H and O–H groups in total. The summed E-state index contributed by atoms with van der Waals surface area (Å²) < 4.78 is 2.07. The summed E-state index contributed by atoms with van der Waals surface area (Å²) in [6.07, 6.45) is 10.1. The van der Waals surface area contributed by atoms with Gasteiger partial charge in [0.15, 0.2) is 11.0 Å². The van der Waals surface area contributed by atoms with Gasteiger partial charge in [-0.05, 0) is 38.8 Å². The van der Waals surface area contributed by atoms with E-state index in [0.717, 1.165) is 36.1 Å². The van der Waals surface area contributed by atoms with E-state index in [9.17, 15) is 4.79 Å². The quantitative estimate of drug-likeness (QED) is 0.530. The molecule has 1 aliphatic carbocycles. The minimum Gasteiger partial charge on any atom is -0.349 e. The molecule has 2 aliphatic rings. The molecule has 6 nitrogen and oxygen atoms in total. The van der Waals surface area contributed by atoms with Crippen LogP contribution in [0.2, 0.25) is 0 Å². The number of hydrogen-bond donors (Lipinski definition) is 1. The molecule has 1 saturated carbocycles. The summed E-state index contributed by atoms with van der Waals surface area (Å²) in [5.41, 5.74) is 0. The van der Waals surface area contributed by atoms with E-state index in [0.29, 0.717) is 13.1 Å². The minimum absolute atomic E-state index is 0.168. The molecule has 2 heterocycles. The van der Waals surface area contributed by atoms with Crippen molar-refractivity contribution in [1.82, 2.24) is 25.0 Å². The third-order valence-corrected chi connectivity index (χ3v) is 6.29. The predicted octanol–water partition coefficient (Wildman–Crippen LogP) is 2.85. The number of hydrogen-bond acceptors (Lipinski definition) is 5. The smallest absolute Gasteiger partial charge is 0.223 e. The number of nitrogens with zero attached hydrogens (tertiary/aromatic N) is 4. The monoisotopic (exact) mass is 377 g/mol. The van der Waals surface area contributed by atoms with E-state index >= 15 is 0 Å². The van der Waals surface area contributed by atoms with E-state index in [1.54, 1.807) is 11.8 Å². The second-order valence-electron chi connectivity index (χ2n) is 7.25. The van der Waals surface area contributed by atoms with Gasteiger partial charge in [-0.2, -0.15) is 0 Å². The van der Waals surface area contributed by atoms with Gasteiger partial charge in [0.05, 0.1) is 6.54 Å². The molecule has 0 atom stereocenters. The molecule has 2 fully saturated rings. The molecule has 144 valence electrons. The Bertz CT molecular complexity index is 591. The van der Waals surface area contributed by atoms with Gasteiger partial charge < -0.3 is 14.8 Å². The standard InChI is InChI=1S/C19H31N5OS/c1-2-10-24-17(15-20-18(25)16-8-4-3-5-9-16)21-22-19(24)26-14-13-23-11-6-7-12-23/h2,16H,1,3-15H2,(H,20,25). The lowest BCUT2D eigenvalue weighted by Crippen LogP contribution is -2.32. The van der Waals surface area contributed by atoms with Crippen molar-refractivity contribution >= 4 is 17.7 Å². The van der Waals surface area contributed by atoms with E-state index in [1.165, 1.54) is 45.2 Å². The summed E-state index contributed by atoms with van der Waals surface area (Å²) in [5, 5.41) is 12.7. The Labute approximate surface area is 160 Å². The first-order valence-corrected chi connectivity index (χ1v) is 10.9. The zero-order valence-electron chi connectivity index (χ0n) is 15.7. The Morgan fingerprint density at radius 3 is 2.69 bits per heavy atom. The average molecular weight is 378 g/mol. The van der Waals surface area contributed by atoms with Crippen LogP contribution in [0.4, 0.5) is 0 Å². The van der Waals surface area contributed by atoms with Gasteiger partial charge in [0.2, 0.25) is 5.91 Å². The lowest BCUT2D eigenvalue weighted by atomic mass is 9.89. The van der Waals surface area contributed by atoms with Gasteiger partial charge in [0, 0.05) is 24.8 Å².